The van der Waals surface area contributed by atoms with E-state index in [1.165, 1.54) is 44.9 Å². The molecule has 0 aromatic rings. The van der Waals surface area contributed by atoms with Crippen LogP contribution >= 0.6 is 11.8 Å². The van der Waals surface area contributed by atoms with Crippen molar-refractivity contribution in [1.29, 1.82) is 0 Å². The van der Waals surface area contributed by atoms with Crippen LogP contribution < -0.4 is 0 Å². The summed E-state index contributed by atoms with van der Waals surface area (Å²) in [5, 5.41) is 9.57. The Kier molecular flexibility index (Phi) is 9.36. The number of piperidine rings is 1. The van der Waals surface area contributed by atoms with Crippen molar-refractivity contribution in [2.45, 2.75) is 63.5 Å². The SMILES string of the molecule is CCCCCCCCCSC1CN(C)CCC1C(=O)O. The van der Waals surface area contributed by atoms with Crippen molar-refractivity contribution in [3.8, 4) is 0 Å². The van der Waals surface area contributed by atoms with Gasteiger partial charge in [0.15, 0.2) is 0 Å². The second-order valence-electron chi connectivity index (χ2n) is 6.03. The van der Waals surface area contributed by atoms with Gasteiger partial charge in [0.25, 0.3) is 0 Å². The molecule has 1 rings (SSSR count). The Labute approximate surface area is 128 Å². The van der Waals surface area contributed by atoms with Gasteiger partial charge in [-0.3, -0.25) is 4.79 Å². The number of hydrogen-bond donors (Lipinski definition) is 1. The molecule has 1 fully saturated rings. The van der Waals surface area contributed by atoms with Gasteiger partial charge < -0.3 is 10.0 Å². The average Bonchev–Trinajstić information content (AvgIpc) is 2.41. The molecule has 0 aromatic carbocycles. The predicted octanol–water partition coefficient (Wildman–Crippen LogP) is 3.88. The molecule has 0 spiro atoms. The van der Waals surface area contributed by atoms with E-state index >= 15 is 0 Å². The summed E-state index contributed by atoms with van der Waals surface area (Å²) in [5.41, 5.74) is 0. The third kappa shape index (κ3) is 6.98. The highest BCUT2D eigenvalue weighted by Gasteiger charge is 2.32. The molecule has 1 N–H and O–H groups in total. The highest BCUT2D eigenvalue weighted by molar-refractivity contribution is 7.99. The number of thioether (sulfide) groups is 1. The van der Waals surface area contributed by atoms with Crippen molar-refractivity contribution in [2.75, 3.05) is 25.9 Å². The van der Waals surface area contributed by atoms with Crippen LogP contribution in [0.1, 0.15) is 58.3 Å². The fourth-order valence-electron chi connectivity index (χ4n) is 2.82. The second kappa shape index (κ2) is 10.5. The molecule has 0 aromatic heterocycles. The van der Waals surface area contributed by atoms with E-state index in [2.05, 4.69) is 18.9 Å². The summed E-state index contributed by atoms with van der Waals surface area (Å²) in [7, 11) is 2.10. The van der Waals surface area contributed by atoms with Crippen molar-refractivity contribution in [1.82, 2.24) is 4.90 Å². The first-order valence-corrected chi connectivity index (χ1v) is 9.23. The number of likely N-dealkylation sites (tertiary alicyclic amines) is 1. The number of carbonyl (C=O) groups is 1. The fraction of sp³-hybridized carbons (Fsp3) is 0.938. The molecule has 1 heterocycles. The Morgan fingerprint density at radius 1 is 1.20 bits per heavy atom. The van der Waals surface area contributed by atoms with E-state index in [4.69, 9.17) is 0 Å². The minimum Gasteiger partial charge on any atom is -0.481 e. The number of unbranched alkanes of at least 4 members (excludes halogenated alkanes) is 6. The molecule has 4 heteroatoms. The third-order valence-electron chi connectivity index (χ3n) is 4.16. The number of carboxylic acid groups (broad SMARTS) is 1. The first-order valence-electron chi connectivity index (χ1n) is 8.18. The van der Waals surface area contributed by atoms with Crippen LogP contribution in [0, 0.1) is 5.92 Å². The van der Waals surface area contributed by atoms with Crippen LogP contribution in [0.2, 0.25) is 0 Å². The monoisotopic (exact) mass is 301 g/mol. The summed E-state index contributed by atoms with van der Waals surface area (Å²) in [6.45, 7) is 4.10. The maximum absolute atomic E-state index is 11.3. The summed E-state index contributed by atoms with van der Waals surface area (Å²) in [6.07, 6.45) is 10.1. The van der Waals surface area contributed by atoms with Crippen LogP contribution in [0.25, 0.3) is 0 Å². The van der Waals surface area contributed by atoms with Gasteiger partial charge in [-0.1, -0.05) is 45.4 Å². The van der Waals surface area contributed by atoms with E-state index in [-0.39, 0.29) is 11.2 Å². The molecule has 1 saturated heterocycles. The molecule has 1 aliphatic rings. The van der Waals surface area contributed by atoms with Crippen LogP contribution in [0.5, 0.6) is 0 Å². The summed E-state index contributed by atoms with van der Waals surface area (Å²) >= 11 is 1.88. The summed E-state index contributed by atoms with van der Waals surface area (Å²) < 4.78 is 0. The Hall–Kier alpha value is -0.220. The minimum absolute atomic E-state index is 0.138. The molecule has 2 atom stereocenters. The Balaban J connectivity index is 2.10. The van der Waals surface area contributed by atoms with Crippen LogP contribution in [0.4, 0.5) is 0 Å². The number of hydrogen-bond acceptors (Lipinski definition) is 3. The van der Waals surface area contributed by atoms with E-state index in [9.17, 15) is 9.90 Å². The van der Waals surface area contributed by atoms with Crippen LogP contribution in [0.3, 0.4) is 0 Å². The molecule has 0 amide bonds. The zero-order valence-electron chi connectivity index (χ0n) is 13.1. The van der Waals surface area contributed by atoms with E-state index in [0.717, 1.165) is 25.3 Å². The lowest BCUT2D eigenvalue weighted by atomic mass is 9.97. The van der Waals surface area contributed by atoms with Gasteiger partial charge in [-0.05, 0) is 32.2 Å². The molecule has 0 saturated carbocycles. The highest BCUT2D eigenvalue weighted by Crippen LogP contribution is 2.28. The molecule has 0 bridgehead atoms. The lowest BCUT2D eigenvalue weighted by molar-refractivity contribution is -0.142. The summed E-state index contributed by atoms with van der Waals surface area (Å²) in [4.78, 5) is 13.5. The molecule has 0 radical (unpaired) electrons. The van der Waals surface area contributed by atoms with E-state index in [0.29, 0.717) is 0 Å². The topological polar surface area (TPSA) is 40.5 Å². The van der Waals surface area contributed by atoms with Gasteiger partial charge in [0.1, 0.15) is 0 Å². The molecule has 1 aliphatic heterocycles. The number of carboxylic acids is 1. The Morgan fingerprint density at radius 2 is 1.85 bits per heavy atom. The minimum atomic E-state index is -0.602. The van der Waals surface area contributed by atoms with Crippen molar-refractivity contribution >= 4 is 17.7 Å². The predicted molar refractivity (Wildman–Crippen MR) is 87.5 cm³/mol. The van der Waals surface area contributed by atoms with Gasteiger partial charge >= 0.3 is 5.97 Å². The Bertz CT molecular complexity index is 273. The highest BCUT2D eigenvalue weighted by atomic mass is 32.2. The van der Waals surface area contributed by atoms with Gasteiger partial charge in [-0.15, -0.1) is 0 Å². The fourth-order valence-corrected chi connectivity index (χ4v) is 4.33. The summed E-state index contributed by atoms with van der Waals surface area (Å²) in [5.74, 6) is 0.381. The third-order valence-corrected chi connectivity index (χ3v) is 5.59. The zero-order chi connectivity index (χ0) is 14.8. The average molecular weight is 301 g/mol. The largest absolute Gasteiger partial charge is 0.481 e. The second-order valence-corrected chi connectivity index (χ2v) is 7.37. The van der Waals surface area contributed by atoms with E-state index < -0.39 is 5.97 Å². The van der Waals surface area contributed by atoms with Gasteiger partial charge in [0.2, 0.25) is 0 Å². The van der Waals surface area contributed by atoms with Crippen molar-refractivity contribution in [3.05, 3.63) is 0 Å². The van der Waals surface area contributed by atoms with Crippen LogP contribution in [0.15, 0.2) is 0 Å². The van der Waals surface area contributed by atoms with Crippen molar-refractivity contribution < 1.29 is 9.90 Å². The summed E-state index contributed by atoms with van der Waals surface area (Å²) in [6, 6.07) is 0. The molecular formula is C16H31NO2S. The lowest BCUT2D eigenvalue weighted by Crippen LogP contribution is -2.43. The van der Waals surface area contributed by atoms with Crippen molar-refractivity contribution in [3.63, 3.8) is 0 Å². The van der Waals surface area contributed by atoms with Crippen LogP contribution in [-0.2, 0) is 4.79 Å². The van der Waals surface area contributed by atoms with Gasteiger partial charge in [0.05, 0.1) is 5.92 Å². The number of nitrogens with zero attached hydrogens (tertiary/aromatic N) is 1. The van der Waals surface area contributed by atoms with Gasteiger partial charge in [0, 0.05) is 11.8 Å². The normalized spacial score (nSPS) is 23.9. The maximum atomic E-state index is 11.3. The number of aliphatic carboxylic acids is 1. The zero-order valence-corrected chi connectivity index (χ0v) is 14.0. The molecule has 20 heavy (non-hydrogen) atoms. The molecule has 2 unspecified atom stereocenters. The number of rotatable bonds is 10. The van der Waals surface area contributed by atoms with Crippen molar-refractivity contribution in [2.24, 2.45) is 5.92 Å². The van der Waals surface area contributed by atoms with Gasteiger partial charge in [-0.2, -0.15) is 11.8 Å². The van der Waals surface area contributed by atoms with Gasteiger partial charge in [-0.25, -0.2) is 0 Å². The van der Waals surface area contributed by atoms with Crippen LogP contribution in [-0.4, -0.2) is 47.1 Å². The van der Waals surface area contributed by atoms with E-state index in [1.807, 2.05) is 11.8 Å². The molecule has 3 nitrogen and oxygen atoms in total. The standard InChI is InChI=1S/C16H31NO2S/c1-3-4-5-6-7-8-9-12-20-15-13-17(2)11-10-14(15)16(18)19/h14-15H,3-13H2,1-2H3,(H,18,19). The first-order chi connectivity index (χ1) is 9.65. The quantitative estimate of drug-likeness (QED) is 0.622. The van der Waals surface area contributed by atoms with E-state index in [1.54, 1.807) is 0 Å². The smallest absolute Gasteiger partial charge is 0.307 e. The molecule has 118 valence electrons. The lowest BCUT2D eigenvalue weighted by Gasteiger charge is -2.34. The maximum Gasteiger partial charge on any atom is 0.307 e. The Morgan fingerprint density at radius 3 is 2.50 bits per heavy atom. The molecular weight excluding hydrogens is 270 g/mol. The first kappa shape index (κ1) is 17.8. The molecule has 0 aliphatic carbocycles.